The smallest absolute Gasteiger partial charge is 0.133 e. The molecule has 1 aliphatic rings. The van der Waals surface area contributed by atoms with Crippen molar-refractivity contribution >= 4 is 40.2 Å². The third-order valence-corrected chi connectivity index (χ3v) is 4.85. The summed E-state index contributed by atoms with van der Waals surface area (Å²) in [6, 6.07) is 8.55. The first kappa shape index (κ1) is 14.3. The molecular weight excluding hydrogens is 381 g/mol. The number of nitrogens with one attached hydrogen (secondary N) is 1. The molecular formula is C15H18IN3S. The zero-order valence-corrected chi connectivity index (χ0v) is 14.5. The fourth-order valence-electron chi connectivity index (χ4n) is 2.60. The molecule has 0 radical (unpaired) electrons. The van der Waals surface area contributed by atoms with Crippen LogP contribution in [-0.2, 0) is 12.2 Å². The summed E-state index contributed by atoms with van der Waals surface area (Å²) >= 11 is 4.18. The van der Waals surface area contributed by atoms with E-state index in [4.69, 9.17) is 5.10 Å². The normalized spacial score (nSPS) is 14.5. The summed E-state index contributed by atoms with van der Waals surface area (Å²) in [4.78, 5) is 0. The average molecular weight is 399 g/mol. The van der Waals surface area contributed by atoms with Crippen molar-refractivity contribution in [3.8, 4) is 5.69 Å². The van der Waals surface area contributed by atoms with E-state index in [-0.39, 0.29) is 0 Å². The van der Waals surface area contributed by atoms with Gasteiger partial charge in [0.2, 0.25) is 0 Å². The third-order valence-electron chi connectivity index (χ3n) is 3.56. The molecule has 3 nitrogen and oxygen atoms in total. The topological polar surface area (TPSA) is 29.9 Å². The second-order valence-corrected chi connectivity index (χ2v) is 7.09. The standard InChI is InChI=1S/C15H18IN3S/c1-20-10-14-13-4-2-3-9-17-15(13)19(18-14)12-7-5-11(16)6-8-12/h5-8,17H,2-4,9-10H2,1H3. The SMILES string of the molecule is CSCc1nn(-c2ccc(I)cc2)c2c1CCCCN2. The van der Waals surface area contributed by atoms with Crippen LogP contribution in [0.2, 0.25) is 0 Å². The third kappa shape index (κ3) is 2.83. The van der Waals surface area contributed by atoms with Crippen LogP contribution in [0.3, 0.4) is 0 Å². The number of nitrogens with zero attached hydrogens (tertiary/aromatic N) is 2. The van der Waals surface area contributed by atoms with Gasteiger partial charge in [-0.2, -0.15) is 16.9 Å². The van der Waals surface area contributed by atoms with Gasteiger partial charge in [-0.3, -0.25) is 0 Å². The van der Waals surface area contributed by atoms with E-state index >= 15 is 0 Å². The van der Waals surface area contributed by atoms with Gasteiger partial charge < -0.3 is 5.32 Å². The lowest BCUT2D eigenvalue weighted by Crippen LogP contribution is -2.07. The highest BCUT2D eigenvalue weighted by molar-refractivity contribution is 14.1. The highest BCUT2D eigenvalue weighted by Crippen LogP contribution is 2.29. The molecule has 0 saturated carbocycles. The van der Waals surface area contributed by atoms with Crippen LogP contribution in [0.4, 0.5) is 5.82 Å². The first-order chi connectivity index (χ1) is 9.79. The van der Waals surface area contributed by atoms with E-state index in [9.17, 15) is 0 Å². The number of hydrogen-bond donors (Lipinski definition) is 1. The maximum absolute atomic E-state index is 4.85. The van der Waals surface area contributed by atoms with Crippen molar-refractivity contribution in [2.24, 2.45) is 0 Å². The molecule has 0 atom stereocenters. The molecule has 0 unspecified atom stereocenters. The van der Waals surface area contributed by atoms with E-state index in [0.717, 1.165) is 24.4 Å². The molecule has 1 aromatic heterocycles. The van der Waals surface area contributed by atoms with Crippen molar-refractivity contribution < 1.29 is 0 Å². The molecule has 106 valence electrons. The van der Waals surface area contributed by atoms with Crippen molar-refractivity contribution in [1.82, 2.24) is 9.78 Å². The average Bonchev–Trinajstić information content (AvgIpc) is 2.64. The summed E-state index contributed by atoms with van der Waals surface area (Å²) in [7, 11) is 0. The Labute approximate surface area is 137 Å². The predicted octanol–water partition coefficient (Wildman–Crippen LogP) is 4.09. The second kappa shape index (κ2) is 6.39. The lowest BCUT2D eigenvalue weighted by Gasteiger charge is -2.09. The number of benzene rings is 1. The molecule has 2 aromatic rings. The second-order valence-electron chi connectivity index (χ2n) is 4.98. The van der Waals surface area contributed by atoms with Gasteiger partial charge in [0.15, 0.2) is 0 Å². The van der Waals surface area contributed by atoms with E-state index in [1.165, 1.54) is 33.5 Å². The van der Waals surface area contributed by atoms with E-state index in [1.807, 2.05) is 11.8 Å². The van der Waals surface area contributed by atoms with Crippen molar-refractivity contribution in [2.45, 2.75) is 25.0 Å². The van der Waals surface area contributed by atoms with Crippen LogP contribution in [0, 0.1) is 3.57 Å². The molecule has 0 fully saturated rings. The number of rotatable bonds is 3. The Balaban J connectivity index is 2.07. The van der Waals surface area contributed by atoms with Gasteiger partial charge >= 0.3 is 0 Å². The highest BCUT2D eigenvalue weighted by Gasteiger charge is 2.19. The molecule has 0 amide bonds. The minimum absolute atomic E-state index is 0.987. The quantitative estimate of drug-likeness (QED) is 0.789. The minimum Gasteiger partial charge on any atom is -0.370 e. The van der Waals surface area contributed by atoms with Gasteiger partial charge in [0, 0.05) is 21.4 Å². The maximum Gasteiger partial charge on any atom is 0.133 e. The molecule has 0 aliphatic carbocycles. The largest absolute Gasteiger partial charge is 0.370 e. The molecule has 0 saturated heterocycles. The number of fused-ring (bicyclic) bond motifs is 1. The van der Waals surface area contributed by atoms with Gasteiger partial charge in [-0.25, -0.2) is 4.68 Å². The van der Waals surface area contributed by atoms with Crippen LogP contribution in [0.1, 0.15) is 24.1 Å². The summed E-state index contributed by atoms with van der Waals surface area (Å²) in [5.41, 5.74) is 3.79. The van der Waals surface area contributed by atoms with Crippen LogP contribution in [0.25, 0.3) is 5.69 Å². The summed E-state index contributed by atoms with van der Waals surface area (Å²) in [5, 5.41) is 8.43. The van der Waals surface area contributed by atoms with E-state index in [0.29, 0.717) is 0 Å². The van der Waals surface area contributed by atoms with Gasteiger partial charge in [-0.15, -0.1) is 0 Å². The summed E-state index contributed by atoms with van der Waals surface area (Å²) in [5.74, 6) is 2.19. The number of anilines is 1. The Kier molecular flexibility index (Phi) is 4.55. The molecule has 20 heavy (non-hydrogen) atoms. The Morgan fingerprint density at radius 3 is 2.85 bits per heavy atom. The number of halogens is 1. The van der Waals surface area contributed by atoms with Gasteiger partial charge in [0.05, 0.1) is 11.4 Å². The van der Waals surface area contributed by atoms with Crippen LogP contribution in [-0.4, -0.2) is 22.6 Å². The van der Waals surface area contributed by atoms with Crippen LogP contribution < -0.4 is 5.32 Å². The van der Waals surface area contributed by atoms with E-state index in [1.54, 1.807) is 0 Å². The molecule has 3 rings (SSSR count). The first-order valence-corrected chi connectivity index (χ1v) is 9.36. The molecule has 1 aromatic carbocycles. The summed E-state index contributed by atoms with van der Waals surface area (Å²) in [6.45, 7) is 1.04. The molecule has 0 bridgehead atoms. The highest BCUT2D eigenvalue weighted by atomic mass is 127. The van der Waals surface area contributed by atoms with Gasteiger partial charge in [-0.05, 0) is 72.4 Å². The molecule has 0 spiro atoms. The van der Waals surface area contributed by atoms with Crippen molar-refractivity contribution in [3.05, 3.63) is 39.1 Å². The Morgan fingerprint density at radius 2 is 2.10 bits per heavy atom. The van der Waals surface area contributed by atoms with Gasteiger partial charge in [0.1, 0.15) is 5.82 Å². The van der Waals surface area contributed by atoms with Crippen LogP contribution in [0.5, 0.6) is 0 Å². The lowest BCUT2D eigenvalue weighted by atomic mass is 10.1. The molecule has 1 N–H and O–H groups in total. The summed E-state index contributed by atoms with van der Waals surface area (Å²) in [6.07, 6.45) is 5.77. The lowest BCUT2D eigenvalue weighted by molar-refractivity contribution is 0.771. The number of aromatic nitrogens is 2. The molecule has 2 heterocycles. The van der Waals surface area contributed by atoms with Crippen molar-refractivity contribution in [3.63, 3.8) is 0 Å². The molecule has 5 heteroatoms. The summed E-state index contributed by atoms with van der Waals surface area (Å²) < 4.78 is 3.34. The van der Waals surface area contributed by atoms with Crippen LogP contribution >= 0.6 is 34.4 Å². The Hall–Kier alpha value is -0.690. The van der Waals surface area contributed by atoms with Gasteiger partial charge in [-0.1, -0.05) is 0 Å². The zero-order valence-electron chi connectivity index (χ0n) is 11.5. The fourth-order valence-corrected chi connectivity index (χ4v) is 3.46. The molecule has 1 aliphatic heterocycles. The zero-order chi connectivity index (χ0) is 13.9. The Bertz CT molecular complexity index is 592. The number of thioether (sulfide) groups is 1. The van der Waals surface area contributed by atoms with Crippen molar-refractivity contribution in [2.75, 3.05) is 18.1 Å². The first-order valence-electron chi connectivity index (χ1n) is 6.89. The van der Waals surface area contributed by atoms with Crippen LogP contribution in [0.15, 0.2) is 24.3 Å². The maximum atomic E-state index is 4.85. The number of hydrogen-bond acceptors (Lipinski definition) is 3. The minimum atomic E-state index is 0.987. The van der Waals surface area contributed by atoms with Gasteiger partial charge in [0.25, 0.3) is 0 Å². The van der Waals surface area contributed by atoms with E-state index < -0.39 is 0 Å². The van der Waals surface area contributed by atoms with Crippen molar-refractivity contribution in [1.29, 1.82) is 0 Å². The predicted molar refractivity (Wildman–Crippen MR) is 94.9 cm³/mol. The van der Waals surface area contributed by atoms with E-state index in [2.05, 4.69) is 63.1 Å². The Morgan fingerprint density at radius 1 is 1.30 bits per heavy atom. The fraction of sp³-hybridized carbons (Fsp3) is 0.400. The monoisotopic (exact) mass is 399 g/mol.